The fraction of sp³-hybridized carbons (Fsp3) is 0.522. The van der Waals surface area contributed by atoms with Crippen LogP contribution in [0.15, 0.2) is 60.8 Å². The molecule has 0 aromatic carbocycles. The Kier molecular flexibility index (Phi) is 12.5. The highest BCUT2D eigenvalue weighted by molar-refractivity contribution is 5.75. The van der Waals surface area contributed by atoms with Gasteiger partial charge in [0.05, 0.1) is 12.2 Å². The molecule has 1 heterocycles. The Morgan fingerprint density at radius 1 is 0.760 bits per heavy atom. The average Bonchev–Trinajstić information content (AvgIpc) is 3.34. The molecule has 0 radical (unpaired) electrons. The van der Waals surface area contributed by atoms with Gasteiger partial charge in [-0.15, -0.1) is 0 Å². The van der Waals surface area contributed by atoms with Gasteiger partial charge in [0, 0.05) is 6.42 Å². The number of rotatable bonds is 14. The molecule has 25 heavy (non-hydrogen) atoms. The number of ketones is 1. The van der Waals surface area contributed by atoms with E-state index in [9.17, 15) is 4.79 Å². The van der Waals surface area contributed by atoms with E-state index in [2.05, 4.69) is 67.7 Å². The number of allylic oxidation sites excluding steroid dienone is 8. The first-order valence-electron chi connectivity index (χ1n) is 9.64. The second-order valence-corrected chi connectivity index (χ2v) is 6.40. The summed E-state index contributed by atoms with van der Waals surface area (Å²) in [6.45, 7) is 3.79. The molecule has 1 aliphatic heterocycles. The number of carbonyl (C=O) groups excluding carboxylic acids is 1. The van der Waals surface area contributed by atoms with E-state index in [1.807, 2.05) is 0 Å². The van der Waals surface area contributed by atoms with Crippen LogP contribution in [0.25, 0.3) is 0 Å². The van der Waals surface area contributed by atoms with Crippen molar-refractivity contribution >= 4 is 5.78 Å². The Hall–Kier alpha value is -1.67. The van der Waals surface area contributed by atoms with E-state index < -0.39 is 0 Å². The smallest absolute Gasteiger partial charge is 0.130 e. The van der Waals surface area contributed by atoms with Crippen molar-refractivity contribution in [3.63, 3.8) is 0 Å². The third-order valence-corrected chi connectivity index (χ3v) is 3.97. The Morgan fingerprint density at radius 2 is 1.24 bits per heavy atom. The average molecular weight is 343 g/mol. The first-order valence-corrected chi connectivity index (χ1v) is 9.64. The van der Waals surface area contributed by atoms with Gasteiger partial charge in [-0.05, 0) is 51.9 Å². The van der Waals surface area contributed by atoms with Gasteiger partial charge in [-0.25, -0.2) is 0 Å². The summed E-state index contributed by atoms with van der Waals surface area (Å²) in [7, 11) is 0. The van der Waals surface area contributed by atoms with Crippen LogP contribution in [0.4, 0.5) is 0 Å². The van der Waals surface area contributed by atoms with Crippen LogP contribution < -0.4 is 0 Å². The molecule has 0 N–H and O–H groups in total. The minimum absolute atomic E-state index is 0.257. The fourth-order valence-electron chi connectivity index (χ4n) is 2.44. The molecule has 0 aliphatic carbocycles. The highest BCUT2D eigenvalue weighted by atomic mass is 16.6. The van der Waals surface area contributed by atoms with Gasteiger partial charge in [0.1, 0.15) is 5.78 Å². The molecule has 0 bridgehead atoms. The van der Waals surface area contributed by atoms with Crippen LogP contribution in [0.2, 0.25) is 0 Å². The van der Waals surface area contributed by atoms with Gasteiger partial charge >= 0.3 is 0 Å². The van der Waals surface area contributed by atoms with Crippen LogP contribution >= 0.6 is 0 Å². The Bertz CT molecular complexity index is 494. The van der Waals surface area contributed by atoms with E-state index >= 15 is 0 Å². The third kappa shape index (κ3) is 13.3. The lowest BCUT2D eigenvalue weighted by Gasteiger charge is -1.88. The Morgan fingerprint density at radius 3 is 1.76 bits per heavy atom. The highest BCUT2D eigenvalue weighted by Gasteiger charge is 2.35. The van der Waals surface area contributed by atoms with Crippen molar-refractivity contribution in [3.8, 4) is 0 Å². The first kappa shape index (κ1) is 21.4. The summed E-state index contributed by atoms with van der Waals surface area (Å²) in [5.41, 5.74) is 0. The van der Waals surface area contributed by atoms with Crippen LogP contribution in [-0.2, 0) is 9.53 Å². The van der Waals surface area contributed by atoms with Crippen LogP contribution in [0.5, 0.6) is 0 Å². The topological polar surface area (TPSA) is 29.6 Å². The third-order valence-electron chi connectivity index (χ3n) is 3.97. The van der Waals surface area contributed by atoms with Crippen molar-refractivity contribution in [1.29, 1.82) is 0 Å². The van der Waals surface area contributed by atoms with Gasteiger partial charge in [0.25, 0.3) is 0 Å². The maximum atomic E-state index is 10.8. The van der Waals surface area contributed by atoms with E-state index in [-0.39, 0.29) is 5.78 Å². The monoisotopic (exact) mass is 342 g/mol. The van der Waals surface area contributed by atoms with E-state index in [0.29, 0.717) is 18.6 Å². The number of hydrogen-bond acceptors (Lipinski definition) is 2. The van der Waals surface area contributed by atoms with Gasteiger partial charge in [0.15, 0.2) is 0 Å². The normalized spacial score (nSPS) is 20.9. The molecule has 0 spiro atoms. The van der Waals surface area contributed by atoms with Crippen molar-refractivity contribution in [2.75, 3.05) is 0 Å². The molecule has 0 aromatic rings. The zero-order valence-electron chi connectivity index (χ0n) is 15.9. The Labute approximate surface area is 154 Å². The number of carbonyl (C=O) groups is 1. The SMILES string of the molecule is CC/C=C\C/C=C\CC1OC1C/C=C\C/C=C\C/C=C\CCC(C)=O. The van der Waals surface area contributed by atoms with E-state index in [0.717, 1.165) is 44.9 Å². The van der Waals surface area contributed by atoms with Gasteiger partial charge in [0.2, 0.25) is 0 Å². The molecule has 2 atom stereocenters. The quantitative estimate of drug-likeness (QED) is 0.275. The largest absolute Gasteiger partial charge is 0.369 e. The predicted molar refractivity (Wildman–Crippen MR) is 108 cm³/mol. The molecule has 138 valence electrons. The van der Waals surface area contributed by atoms with Gasteiger partial charge in [-0.2, -0.15) is 0 Å². The number of hydrogen-bond donors (Lipinski definition) is 0. The molecule has 0 saturated carbocycles. The van der Waals surface area contributed by atoms with Crippen molar-refractivity contribution in [3.05, 3.63) is 60.8 Å². The first-order chi connectivity index (χ1) is 12.2. The maximum absolute atomic E-state index is 10.8. The fourth-order valence-corrected chi connectivity index (χ4v) is 2.44. The zero-order valence-corrected chi connectivity index (χ0v) is 15.9. The van der Waals surface area contributed by atoms with Gasteiger partial charge < -0.3 is 9.53 Å². The maximum Gasteiger partial charge on any atom is 0.130 e. The lowest BCUT2D eigenvalue weighted by Crippen LogP contribution is -1.90. The molecule has 1 fully saturated rings. The van der Waals surface area contributed by atoms with E-state index in [1.165, 1.54) is 0 Å². The van der Waals surface area contributed by atoms with Crippen LogP contribution in [0.3, 0.4) is 0 Å². The summed E-state index contributed by atoms with van der Waals surface area (Å²) in [6.07, 6.45) is 30.3. The van der Waals surface area contributed by atoms with Crippen molar-refractivity contribution in [2.24, 2.45) is 0 Å². The summed E-state index contributed by atoms with van der Waals surface area (Å²) in [5, 5.41) is 0. The van der Waals surface area contributed by atoms with Crippen LogP contribution in [-0.4, -0.2) is 18.0 Å². The minimum atomic E-state index is 0.257. The molecule has 0 amide bonds. The standard InChI is InChI=1S/C23H34O2/c1-3-4-5-6-13-16-19-22-23(25-22)20-17-14-11-9-7-8-10-12-15-18-21(2)24/h4-5,7,9-10,12-14,16-17,22-23H,3,6,8,11,15,18-20H2,1-2H3/b5-4-,9-7-,12-10-,16-13-,17-14-. The number of ether oxygens (including phenoxy) is 1. The minimum Gasteiger partial charge on any atom is -0.369 e. The predicted octanol–water partition coefficient (Wildman–Crippen LogP) is 6.26. The van der Waals surface area contributed by atoms with Gasteiger partial charge in [-0.1, -0.05) is 67.7 Å². The summed E-state index contributed by atoms with van der Waals surface area (Å²) in [6, 6.07) is 0. The van der Waals surface area contributed by atoms with E-state index in [4.69, 9.17) is 4.74 Å². The summed E-state index contributed by atoms with van der Waals surface area (Å²) in [5.74, 6) is 0.257. The molecule has 1 rings (SSSR count). The summed E-state index contributed by atoms with van der Waals surface area (Å²) >= 11 is 0. The zero-order chi connectivity index (χ0) is 18.2. The molecule has 2 nitrogen and oxygen atoms in total. The molecular formula is C23H34O2. The molecule has 2 unspecified atom stereocenters. The van der Waals surface area contributed by atoms with Crippen molar-refractivity contribution in [1.82, 2.24) is 0 Å². The Balaban J connectivity index is 1.96. The number of epoxide rings is 1. The summed E-state index contributed by atoms with van der Waals surface area (Å²) < 4.78 is 5.67. The van der Waals surface area contributed by atoms with E-state index in [1.54, 1.807) is 6.92 Å². The molecule has 1 saturated heterocycles. The lowest BCUT2D eigenvalue weighted by molar-refractivity contribution is -0.116. The highest BCUT2D eigenvalue weighted by Crippen LogP contribution is 2.29. The van der Waals surface area contributed by atoms with Crippen molar-refractivity contribution in [2.45, 2.75) is 77.4 Å². The lowest BCUT2D eigenvalue weighted by atomic mass is 10.1. The van der Waals surface area contributed by atoms with Gasteiger partial charge in [-0.3, -0.25) is 0 Å². The van der Waals surface area contributed by atoms with Crippen LogP contribution in [0, 0.1) is 0 Å². The van der Waals surface area contributed by atoms with Crippen LogP contribution in [0.1, 0.15) is 65.2 Å². The molecule has 1 aliphatic rings. The molecule has 0 aromatic heterocycles. The molecular weight excluding hydrogens is 308 g/mol. The number of Topliss-reactive ketones (excluding diaryl/α,β-unsaturated/α-hetero) is 1. The summed E-state index contributed by atoms with van der Waals surface area (Å²) in [4.78, 5) is 10.8. The second kappa shape index (κ2) is 14.7. The van der Waals surface area contributed by atoms with Crippen molar-refractivity contribution < 1.29 is 9.53 Å². The molecule has 2 heteroatoms. The second-order valence-electron chi connectivity index (χ2n) is 6.40.